The van der Waals surface area contributed by atoms with Crippen LogP contribution in [0.5, 0.6) is 0 Å². The topological polar surface area (TPSA) is 76.1 Å². The molecule has 0 atom stereocenters. The molecule has 2 rings (SSSR count). The lowest BCUT2D eigenvalue weighted by atomic mass is 9.96. The van der Waals surface area contributed by atoms with E-state index >= 15 is 0 Å². The van der Waals surface area contributed by atoms with E-state index in [1.165, 1.54) is 4.68 Å². The Morgan fingerprint density at radius 1 is 1.43 bits per heavy atom. The SMILES string of the molecule is CCn1c(C2CCN(CC#N)CC2)nn(CCOC)c1=O. The maximum Gasteiger partial charge on any atom is 0.345 e. The van der Waals surface area contributed by atoms with Gasteiger partial charge in [0.2, 0.25) is 0 Å². The fourth-order valence-electron chi connectivity index (χ4n) is 2.83. The van der Waals surface area contributed by atoms with Crippen LogP contribution in [0.4, 0.5) is 0 Å². The summed E-state index contributed by atoms with van der Waals surface area (Å²) in [6.45, 7) is 5.85. The van der Waals surface area contributed by atoms with Crippen LogP contribution in [0.15, 0.2) is 4.79 Å². The Bertz CT molecular complexity index is 549. The van der Waals surface area contributed by atoms with Crippen LogP contribution in [-0.4, -0.2) is 52.6 Å². The summed E-state index contributed by atoms with van der Waals surface area (Å²) in [6, 6.07) is 2.19. The van der Waals surface area contributed by atoms with E-state index in [2.05, 4.69) is 16.1 Å². The lowest BCUT2D eigenvalue weighted by Crippen LogP contribution is -2.34. The van der Waals surface area contributed by atoms with Crippen molar-refractivity contribution in [2.24, 2.45) is 0 Å². The molecule has 7 heteroatoms. The normalized spacial score (nSPS) is 17.0. The van der Waals surface area contributed by atoms with Crippen LogP contribution in [0.2, 0.25) is 0 Å². The number of ether oxygens (including phenoxy) is 1. The number of hydrogen-bond donors (Lipinski definition) is 0. The first-order valence-electron chi connectivity index (χ1n) is 7.47. The molecule has 1 aromatic rings. The third-order valence-corrected chi connectivity index (χ3v) is 4.02. The Balaban J connectivity index is 2.13. The van der Waals surface area contributed by atoms with Gasteiger partial charge in [-0.25, -0.2) is 9.48 Å². The molecule has 7 nitrogen and oxygen atoms in total. The minimum Gasteiger partial charge on any atom is -0.383 e. The van der Waals surface area contributed by atoms with Crippen molar-refractivity contribution in [1.29, 1.82) is 5.26 Å². The smallest absolute Gasteiger partial charge is 0.345 e. The van der Waals surface area contributed by atoms with Gasteiger partial charge in [-0.05, 0) is 32.9 Å². The molecule has 0 unspecified atom stereocenters. The zero-order chi connectivity index (χ0) is 15.2. The van der Waals surface area contributed by atoms with Gasteiger partial charge in [0.05, 0.1) is 25.8 Å². The highest BCUT2D eigenvalue weighted by molar-refractivity contribution is 5.00. The first-order chi connectivity index (χ1) is 10.2. The number of piperidine rings is 1. The molecule has 0 saturated carbocycles. The summed E-state index contributed by atoms with van der Waals surface area (Å²) in [5.74, 6) is 1.19. The van der Waals surface area contributed by atoms with Crippen molar-refractivity contribution in [2.45, 2.75) is 38.8 Å². The lowest BCUT2D eigenvalue weighted by molar-refractivity contribution is 0.181. The number of nitrogens with zero attached hydrogens (tertiary/aromatic N) is 5. The van der Waals surface area contributed by atoms with Crippen molar-refractivity contribution >= 4 is 0 Å². The van der Waals surface area contributed by atoms with Gasteiger partial charge in [-0.15, -0.1) is 0 Å². The van der Waals surface area contributed by atoms with Crippen molar-refractivity contribution in [3.05, 3.63) is 16.3 Å². The molecule has 1 aromatic heterocycles. The monoisotopic (exact) mass is 293 g/mol. The van der Waals surface area contributed by atoms with Crippen LogP contribution in [-0.2, 0) is 17.8 Å². The van der Waals surface area contributed by atoms with E-state index < -0.39 is 0 Å². The summed E-state index contributed by atoms with van der Waals surface area (Å²) < 4.78 is 8.29. The predicted molar refractivity (Wildman–Crippen MR) is 78.1 cm³/mol. The number of rotatable bonds is 6. The van der Waals surface area contributed by atoms with Crippen LogP contribution in [0.1, 0.15) is 31.5 Å². The Labute approximate surface area is 124 Å². The molecule has 2 heterocycles. The molecule has 116 valence electrons. The van der Waals surface area contributed by atoms with Crippen LogP contribution in [0.25, 0.3) is 0 Å². The fraction of sp³-hybridized carbons (Fsp3) is 0.786. The van der Waals surface area contributed by atoms with Gasteiger partial charge in [0, 0.05) is 19.6 Å². The highest BCUT2D eigenvalue weighted by atomic mass is 16.5. The summed E-state index contributed by atoms with van der Waals surface area (Å²) in [7, 11) is 1.62. The maximum atomic E-state index is 12.3. The van der Waals surface area contributed by atoms with E-state index in [-0.39, 0.29) is 5.69 Å². The van der Waals surface area contributed by atoms with Gasteiger partial charge < -0.3 is 4.74 Å². The molecular formula is C14H23N5O2. The summed E-state index contributed by atoms with van der Waals surface area (Å²) in [5.41, 5.74) is -0.0518. The quantitative estimate of drug-likeness (QED) is 0.710. The van der Waals surface area contributed by atoms with Gasteiger partial charge >= 0.3 is 5.69 Å². The molecule has 1 aliphatic rings. The minimum atomic E-state index is -0.0518. The number of methoxy groups -OCH3 is 1. The number of aromatic nitrogens is 3. The Morgan fingerprint density at radius 3 is 2.71 bits per heavy atom. The van der Waals surface area contributed by atoms with E-state index in [0.29, 0.717) is 32.2 Å². The van der Waals surface area contributed by atoms with Crippen molar-refractivity contribution in [2.75, 3.05) is 33.4 Å². The predicted octanol–water partition coefficient (Wildman–Crippen LogP) is 0.414. The molecule has 0 N–H and O–H groups in total. The summed E-state index contributed by atoms with van der Waals surface area (Å²) >= 11 is 0. The van der Waals surface area contributed by atoms with E-state index in [0.717, 1.165) is 31.8 Å². The second-order valence-corrected chi connectivity index (χ2v) is 5.31. The summed E-state index contributed by atoms with van der Waals surface area (Å²) in [6.07, 6.45) is 1.89. The van der Waals surface area contributed by atoms with Crippen LogP contribution in [0, 0.1) is 11.3 Å². The van der Waals surface area contributed by atoms with E-state index in [4.69, 9.17) is 10.00 Å². The first kappa shape index (κ1) is 15.7. The average Bonchev–Trinajstić information content (AvgIpc) is 2.82. The molecule has 1 aliphatic heterocycles. The Hall–Kier alpha value is -1.65. The standard InChI is InChI=1S/C14H23N5O2/c1-3-18-13(16-19(14(18)20)10-11-21-2)12-4-7-17(8-5-12)9-6-15/h12H,3-5,7-11H2,1-2H3. The highest BCUT2D eigenvalue weighted by Crippen LogP contribution is 2.25. The largest absolute Gasteiger partial charge is 0.383 e. The van der Waals surface area contributed by atoms with E-state index in [9.17, 15) is 4.79 Å². The summed E-state index contributed by atoms with van der Waals surface area (Å²) in [5, 5.41) is 13.3. The Kier molecular flexibility index (Phi) is 5.53. The number of hydrogen-bond acceptors (Lipinski definition) is 5. The van der Waals surface area contributed by atoms with Gasteiger partial charge in [-0.2, -0.15) is 10.4 Å². The van der Waals surface area contributed by atoms with Crippen LogP contribution in [0.3, 0.4) is 0 Å². The lowest BCUT2D eigenvalue weighted by Gasteiger charge is -2.29. The van der Waals surface area contributed by atoms with Gasteiger partial charge in [0.15, 0.2) is 0 Å². The molecule has 0 spiro atoms. The van der Waals surface area contributed by atoms with Crippen molar-refractivity contribution < 1.29 is 4.74 Å². The molecule has 0 aromatic carbocycles. The molecule has 1 fully saturated rings. The number of likely N-dealkylation sites (tertiary alicyclic amines) is 1. The fourth-order valence-corrected chi connectivity index (χ4v) is 2.83. The third-order valence-electron chi connectivity index (χ3n) is 4.02. The van der Waals surface area contributed by atoms with Crippen LogP contribution < -0.4 is 5.69 Å². The van der Waals surface area contributed by atoms with E-state index in [1.807, 2.05) is 6.92 Å². The molecule has 21 heavy (non-hydrogen) atoms. The van der Waals surface area contributed by atoms with Gasteiger partial charge in [-0.1, -0.05) is 0 Å². The second kappa shape index (κ2) is 7.38. The summed E-state index contributed by atoms with van der Waals surface area (Å²) in [4.78, 5) is 14.4. The van der Waals surface area contributed by atoms with E-state index in [1.54, 1.807) is 11.7 Å². The third kappa shape index (κ3) is 3.52. The van der Waals surface area contributed by atoms with Gasteiger partial charge in [-0.3, -0.25) is 9.47 Å². The molecule has 0 aliphatic carbocycles. The van der Waals surface area contributed by atoms with Gasteiger partial charge in [0.25, 0.3) is 0 Å². The number of nitriles is 1. The molecular weight excluding hydrogens is 270 g/mol. The molecule has 0 radical (unpaired) electrons. The second-order valence-electron chi connectivity index (χ2n) is 5.31. The van der Waals surface area contributed by atoms with Crippen LogP contribution >= 0.6 is 0 Å². The average molecular weight is 293 g/mol. The first-order valence-corrected chi connectivity index (χ1v) is 7.47. The maximum absolute atomic E-state index is 12.3. The van der Waals surface area contributed by atoms with Gasteiger partial charge in [0.1, 0.15) is 5.82 Å². The Morgan fingerprint density at radius 2 is 2.14 bits per heavy atom. The minimum absolute atomic E-state index is 0.0518. The highest BCUT2D eigenvalue weighted by Gasteiger charge is 2.26. The zero-order valence-electron chi connectivity index (χ0n) is 12.8. The molecule has 0 amide bonds. The molecule has 1 saturated heterocycles. The van der Waals surface area contributed by atoms with Crippen molar-refractivity contribution in [1.82, 2.24) is 19.2 Å². The molecule has 0 bridgehead atoms. The zero-order valence-corrected chi connectivity index (χ0v) is 12.8. The van der Waals surface area contributed by atoms with Crippen molar-refractivity contribution in [3.63, 3.8) is 0 Å². The van der Waals surface area contributed by atoms with Crippen molar-refractivity contribution in [3.8, 4) is 6.07 Å².